The van der Waals surface area contributed by atoms with Gasteiger partial charge in [0.15, 0.2) is 0 Å². The van der Waals surface area contributed by atoms with E-state index in [2.05, 4.69) is 15.1 Å². The average molecular weight is 444 g/mol. The maximum atomic E-state index is 12.8. The fourth-order valence-corrected chi connectivity index (χ4v) is 3.45. The Morgan fingerprint density at radius 3 is 2.32 bits per heavy atom. The van der Waals surface area contributed by atoms with Crippen molar-refractivity contribution in [3.63, 3.8) is 0 Å². The molecule has 2 heterocycles. The zero-order chi connectivity index (χ0) is 22.2. The van der Waals surface area contributed by atoms with Crippen LogP contribution in [0.4, 0.5) is 19.0 Å². The van der Waals surface area contributed by atoms with Gasteiger partial charge in [-0.25, -0.2) is 9.97 Å². The Labute approximate surface area is 181 Å². The van der Waals surface area contributed by atoms with Gasteiger partial charge in [0.1, 0.15) is 12.1 Å². The van der Waals surface area contributed by atoms with Gasteiger partial charge in [-0.3, -0.25) is 4.68 Å². The smallest absolute Gasteiger partial charge is 0.383 e. The third-order valence-corrected chi connectivity index (χ3v) is 5.09. The highest BCUT2D eigenvalue weighted by atomic mass is 35.5. The lowest BCUT2D eigenvalue weighted by molar-refractivity contribution is -0.137. The number of aryl methyl sites for hydroxylation is 1. The normalized spacial score (nSPS) is 11.6. The molecule has 2 N–H and O–H groups in total. The van der Waals surface area contributed by atoms with E-state index in [1.807, 2.05) is 19.1 Å². The molecule has 4 aromatic rings. The molecule has 0 atom stereocenters. The Bertz CT molecular complexity index is 1220. The van der Waals surface area contributed by atoms with Crippen LogP contribution in [-0.2, 0) is 12.7 Å². The first-order valence-corrected chi connectivity index (χ1v) is 9.67. The van der Waals surface area contributed by atoms with Crippen molar-refractivity contribution in [3.8, 4) is 22.4 Å². The minimum Gasteiger partial charge on any atom is -0.383 e. The molecule has 5 nitrogen and oxygen atoms in total. The number of anilines is 1. The third kappa shape index (κ3) is 4.39. The summed E-state index contributed by atoms with van der Waals surface area (Å²) in [6.45, 7) is 2.15. The Balaban J connectivity index is 1.69. The molecule has 2 aromatic carbocycles. The molecule has 9 heteroatoms. The van der Waals surface area contributed by atoms with Gasteiger partial charge in [-0.15, -0.1) is 0 Å². The molecule has 0 saturated carbocycles. The van der Waals surface area contributed by atoms with E-state index >= 15 is 0 Å². The van der Waals surface area contributed by atoms with E-state index in [0.717, 1.165) is 23.3 Å². The molecule has 0 radical (unpaired) electrons. The molecule has 0 spiro atoms. The second kappa shape index (κ2) is 8.03. The minimum absolute atomic E-state index is 0.315. The fourth-order valence-electron chi connectivity index (χ4n) is 3.32. The molecule has 4 rings (SSSR count). The maximum Gasteiger partial charge on any atom is 0.416 e. The highest BCUT2D eigenvalue weighted by molar-refractivity contribution is 6.30. The number of aromatic nitrogens is 4. The highest BCUT2D eigenvalue weighted by Crippen LogP contribution is 2.35. The van der Waals surface area contributed by atoms with E-state index < -0.39 is 11.7 Å². The van der Waals surface area contributed by atoms with Crippen molar-refractivity contribution in [1.82, 2.24) is 19.7 Å². The van der Waals surface area contributed by atoms with Crippen LogP contribution in [0, 0.1) is 6.92 Å². The van der Waals surface area contributed by atoms with Gasteiger partial charge in [-0.2, -0.15) is 18.3 Å². The average Bonchev–Trinajstić information content (AvgIpc) is 3.08. The van der Waals surface area contributed by atoms with Crippen molar-refractivity contribution >= 4 is 17.4 Å². The second-order valence-corrected chi connectivity index (χ2v) is 7.45. The van der Waals surface area contributed by atoms with Crippen LogP contribution in [-0.4, -0.2) is 19.7 Å². The van der Waals surface area contributed by atoms with Gasteiger partial charge in [0.05, 0.1) is 29.1 Å². The number of halogens is 4. The summed E-state index contributed by atoms with van der Waals surface area (Å²) in [6, 6.07) is 12.2. The van der Waals surface area contributed by atoms with Crippen LogP contribution >= 0.6 is 11.6 Å². The number of hydrogen-bond donors (Lipinski definition) is 1. The van der Waals surface area contributed by atoms with Crippen LogP contribution in [0.1, 0.15) is 16.8 Å². The molecule has 0 aliphatic rings. The summed E-state index contributed by atoms with van der Waals surface area (Å²) in [6.07, 6.45) is -1.18. The number of nitrogens with two attached hydrogens (primary N) is 1. The van der Waals surface area contributed by atoms with Gasteiger partial charge in [0.2, 0.25) is 0 Å². The zero-order valence-electron chi connectivity index (χ0n) is 16.4. The topological polar surface area (TPSA) is 69.6 Å². The summed E-state index contributed by atoms with van der Waals surface area (Å²) in [5, 5.41) is 5.10. The quantitative estimate of drug-likeness (QED) is 0.444. The van der Waals surface area contributed by atoms with Crippen LogP contribution in [0.3, 0.4) is 0 Å². The van der Waals surface area contributed by atoms with Crippen LogP contribution in [0.5, 0.6) is 0 Å². The number of alkyl halides is 3. The Kier molecular flexibility index (Phi) is 5.41. The molecular formula is C22H17ClF3N5. The summed E-state index contributed by atoms with van der Waals surface area (Å²) in [5.41, 5.74) is 9.73. The number of nitrogens with zero attached hydrogens (tertiary/aromatic N) is 4. The lowest BCUT2D eigenvalue weighted by Crippen LogP contribution is -2.05. The molecule has 0 saturated heterocycles. The van der Waals surface area contributed by atoms with Crippen molar-refractivity contribution in [1.29, 1.82) is 0 Å². The van der Waals surface area contributed by atoms with Crippen LogP contribution < -0.4 is 5.73 Å². The van der Waals surface area contributed by atoms with Gasteiger partial charge in [-0.05, 0) is 42.3 Å². The molecule has 0 aliphatic carbocycles. The highest BCUT2D eigenvalue weighted by Gasteiger charge is 2.30. The Morgan fingerprint density at radius 2 is 1.68 bits per heavy atom. The third-order valence-electron chi connectivity index (χ3n) is 4.84. The Hall–Kier alpha value is -3.39. The van der Waals surface area contributed by atoms with Gasteiger partial charge >= 0.3 is 6.18 Å². The van der Waals surface area contributed by atoms with Gasteiger partial charge in [0.25, 0.3) is 0 Å². The number of rotatable bonds is 4. The summed E-state index contributed by atoms with van der Waals surface area (Å²) >= 11 is 6.00. The largest absolute Gasteiger partial charge is 0.416 e. The SMILES string of the molecule is Cc1nn(Cc2ccc(C(F)(F)F)cc2)cc1-c1ncnc(N)c1-c1ccc(Cl)cc1. The number of nitrogen functional groups attached to an aromatic ring is 1. The van der Waals surface area contributed by atoms with Crippen molar-refractivity contribution in [2.45, 2.75) is 19.6 Å². The summed E-state index contributed by atoms with van der Waals surface area (Å²) < 4.78 is 40.0. The van der Waals surface area contributed by atoms with E-state index in [1.54, 1.807) is 23.0 Å². The predicted octanol–water partition coefficient (Wildman–Crippen LogP) is 5.62. The number of benzene rings is 2. The monoisotopic (exact) mass is 443 g/mol. The molecule has 158 valence electrons. The van der Waals surface area contributed by atoms with Crippen molar-refractivity contribution in [3.05, 3.63) is 82.9 Å². The molecular weight excluding hydrogens is 427 g/mol. The lowest BCUT2D eigenvalue weighted by Gasteiger charge is -2.10. The van der Waals surface area contributed by atoms with Crippen molar-refractivity contribution < 1.29 is 13.2 Å². The van der Waals surface area contributed by atoms with Crippen LogP contribution in [0.15, 0.2) is 61.1 Å². The first-order chi connectivity index (χ1) is 14.7. The summed E-state index contributed by atoms with van der Waals surface area (Å²) in [5.74, 6) is 0.321. The van der Waals surface area contributed by atoms with E-state index in [-0.39, 0.29) is 0 Å². The molecule has 0 unspecified atom stereocenters. The standard InChI is InChI=1S/C22H17ClF3N5/c1-13-18(11-31(30-13)10-14-2-6-16(7-3-14)22(24,25)26)20-19(21(27)29-12-28-20)15-4-8-17(23)9-5-15/h2-9,11-12H,10H2,1H3,(H2,27,28,29). The van der Waals surface area contributed by atoms with E-state index in [4.69, 9.17) is 17.3 Å². The van der Waals surface area contributed by atoms with Crippen molar-refractivity contribution in [2.24, 2.45) is 0 Å². The zero-order valence-corrected chi connectivity index (χ0v) is 17.1. The summed E-state index contributed by atoms with van der Waals surface area (Å²) in [4.78, 5) is 8.54. The van der Waals surface area contributed by atoms with Gasteiger partial charge in [-0.1, -0.05) is 35.9 Å². The van der Waals surface area contributed by atoms with Gasteiger partial charge < -0.3 is 5.73 Å². The molecule has 2 aromatic heterocycles. The summed E-state index contributed by atoms with van der Waals surface area (Å²) in [7, 11) is 0. The van der Waals surface area contributed by atoms with E-state index in [0.29, 0.717) is 39.9 Å². The van der Waals surface area contributed by atoms with Crippen LogP contribution in [0.25, 0.3) is 22.4 Å². The first kappa shape index (κ1) is 20.9. The van der Waals surface area contributed by atoms with Gasteiger partial charge in [0, 0.05) is 16.8 Å². The Morgan fingerprint density at radius 1 is 1.00 bits per heavy atom. The molecule has 31 heavy (non-hydrogen) atoms. The first-order valence-electron chi connectivity index (χ1n) is 9.29. The second-order valence-electron chi connectivity index (χ2n) is 7.01. The molecule has 0 fully saturated rings. The molecule has 0 bridgehead atoms. The maximum absolute atomic E-state index is 12.8. The molecule has 0 aliphatic heterocycles. The lowest BCUT2D eigenvalue weighted by atomic mass is 10.0. The van der Waals surface area contributed by atoms with E-state index in [9.17, 15) is 13.2 Å². The minimum atomic E-state index is -4.36. The number of hydrogen-bond acceptors (Lipinski definition) is 4. The fraction of sp³-hybridized carbons (Fsp3) is 0.136. The van der Waals surface area contributed by atoms with E-state index in [1.165, 1.54) is 18.5 Å². The van der Waals surface area contributed by atoms with Crippen molar-refractivity contribution in [2.75, 3.05) is 5.73 Å². The predicted molar refractivity (Wildman–Crippen MR) is 113 cm³/mol. The molecule has 0 amide bonds. The van der Waals surface area contributed by atoms with Crippen LogP contribution in [0.2, 0.25) is 5.02 Å².